The van der Waals surface area contributed by atoms with Crippen molar-refractivity contribution in [1.29, 1.82) is 0 Å². The van der Waals surface area contributed by atoms with E-state index in [9.17, 15) is 4.79 Å². The molecule has 0 saturated heterocycles. The topological polar surface area (TPSA) is 63.1 Å². The van der Waals surface area contributed by atoms with E-state index in [1.165, 1.54) is 0 Å². The van der Waals surface area contributed by atoms with Gasteiger partial charge in [-0.2, -0.15) is 0 Å². The van der Waals surface area contributed by atoms with Crippen molar-refractivity contribution >= 4 is 39.3 Å². The summed E-state index contributed by atoms with van der Waals surface area (Å²) in [4.78, 5) is 21.2. The first kappa shape index (κ1) is 13.1. The Morgan fingerprint density at radius 3 is 2.75 bits per heavy atom. The molecule has 4 nitrogen and oxygen atoms in total. The Balaban J connectivity index is 1.84. The Bertz CT molecular complexity index is 753. The zero-order valence-electron chi connectivity index (χ0n) is 10.3. The molecule has 2 heterocycles. The van der Waals surface area contributed by atoms with E-state index >= 15 is 0 Å². The first-order valence-corrected chi connectivity index (χ1v) is 7.59. The summed E-state index contributed by atoms with van der Waals surface area (Å²) in [5.41, 5.74) is 0.796. The molecule has 3 aromatic rings. The zero-order valence-corrected chi connectivity index (χ0v) is 11.9. The van der Waals surface area contributed by atoms with Gasteiger partial charge in [0.25, 0.3) is 0 Å². The quantitative estimate of drug-likeness (QED) is 0.748. The standard InChI is InChI=1S/C14H10N2O2S2/c17-12(18)7-9-1-3-10(4-2-9)20-14-11-5-6-19-13(11)15-8-16-14/h1-6,8H,7H2,(H,17,18). The molecule has 0 aliphatic carbocycles. The number of carboxylic acids is 1. The van der Waals surface area contributed by atoms with Crippen molar-refractivity contribution < 1.29 is 9.90 Å². The Kier molecular flexibility index (Phi) is 3.66. The molecule has 100 valence electrons. The van der Waals surface area contributed by atoms with E-state index in [2.05, 4.69) is 9.97 Å². The average Bonchev–Trinajstić information content (AvgIpc) is 2.90. The lowest BCUT2D eigenvalue weighted by Gasteiger charge is -2.03. The van der Waals surface area contributed by atoms with Gasteiger partial charge in [-0.1, -0.05) is 23.9 Å². The largest absolute Gasteiger partial charge is 0.481 e. The summed E-state index contributed by atoms with van der Waals surface area (Å²) in [5.74, 6) is -0.818. The highest BCUT2D eigenvalue weighted by molar-refractivity contribution is 7.99. The fourth-order valence-corrected chi connectivity index (χ4v) is 3.48. The Hall–Kier alpha value is -1.92. The molecule has 0 radical (unpaired) electrons. The number of aromatic nitrogens is 2. The zero-order chi connectivity index (χ0) is 13.9. The SMILES string of the molecule is O=C(O)Cc1ccc(Sc2ncnc3sccc23)cc1. The van der Waals surface area contributed by atoms with Crippen LogP contribution in [0, 0.1) is 0 Å². The lowest BCUT2D eigenvalue weighted by Crippen LogP contribution is -1.99. The van der Waals surface area contributed by atoms with Crippen molar-refractivity contribution in [2.45, 2.75) is 16.3 Å². The van der Waals surface area contributed by atoms with Crippen LogP contribution in [0.25, 0.3) is 10.2 Å². The fraction of sp³-hybridized carbons (Fsp3) is 0.0714. The van der Waals surface area contributed by atoms with Gasteiger partial charge in [-0.3, -0.25) is 4.79 Å². The normalized spacial score (nSPS) is 10.8. The molecule has 0 aliphatic heterocycles. The first-order valence-electron chi connectivity index (χ1n) is 5.89. The minimum atomic E-state index is -0.818. The predicted octanol–water partition coefficient (Wildman–Crippen LogP) is 3.47. The van der Waals surface area contributed by atoms with Crippen molar-refractivity contribution in [3.8, 4) is 0 Å². The van der Waals surface area contributed by atoms with Gasteiger partial charge in [0.05, 0.1) is 6.42 Å². The van der Waals surface area contributed by atoms with E-state index in [0.717, 1.165) is 25.7 Å². The molecule has 0 saturated carbocycles. The monoisotopic (exact) mass is 302 g/mol. The summed E-state index contributed by atoms with van der Waals surface area (Å²) in [6.45, 7) is 0. The summed E-state index contributed by atoms with van der Waals surface area (Å²) in [5, 5.41) is 12.7. The van der Waals surface area contributed by atoms with Gasteiger partial charge in [0.1, 0.15) is 16.2 Å². The van der Waals surface area contributed by atoms with Crippen LogP contribution in [-0.2, 0) is 11.2 Å². The van der Waals surface area contributed by atoms with Crippen molar-refractivity contribution in [2.75, 3.05) is 0 Å². The third kappa shape index (κ3) is 2.81. The number of aliphatic carboxylic acids is 1. The third-order valence-electron chi connectivity index (χ3n) is 2.72. The molecule has 2 aromatic heterocycles. The van der Waals surface area contributed by atoms with Gasteiger partial charge in [-0.05, 0) is 29.1 Å². The third-order valence-corrected chi connectivity index (χ3v) is 4.57. The maximum Gasteiger partial charge on any atom is 0.307 e. The number of hydrogen-bond acceptors (Lipinski definition) is 5. The second-order valence-corrected chi connectivity index (χ2v) is 6.09. The van der Waals surface area contributed by atoms with Gasteiger partial charge in [-0.15, -0.1) is 11.3 Å². The van der Waals surface area contributed by atoms with E-state index in [1.807, 2.05) is 35.7 Å². The number of carboxylic acid groups (broad SMARTS) is 1. The van der Waals surface area contributed by atoms with Crippen LogP contribution in [0.2, 0.25) is 0 Å². The summed E-state index contributed by atoms with van der Waals surface area (Å²) < 4.78 is 0. The maximum absolute atomic E-state index is 10.6. The van der Waals surface area contributed by atoms with E-state index in [-0.39, 0.29) is 6.42 Å². The molecule has 6 heteroatoms. The number of rotatable bonds is 4. The van der Waals surface area contributed by atoms with Crippen LogP contribution in [0.3, 0.4) is 0 Å². The highest BCUT2D eigenvalue weighted by Gasteiger charge is 2.07. The van der Waals surface area contributed by atoms with Crippen LogP contribution < -0.4 is 0 Å². The van der Waals surface area contributed by atoms with E-state index in [1.54, 1.807) is 29.4 Å². The Labute approximate surface area is 123 Å². The lowest BCUT2D eigenvalue weighted by atomic mass is 10.2. The maximum atomic E-state index is 10.6. The number of fused-ring (bicyclic) bond motifs is 1. The van der Waals surface area contributed by atoms with Gasteiger partial charge in [-0.25, -0.2) is 9.97 Å². The predicted molar refractivity (Wildman–Crippen MR) is 79.3 cm³/mol. The van der Waals surface area contributed by atoms with Gasteiger partial charge in [0.2, 0.25) is 0 Å². The number of hydrogen-bond donors (Lipinski definition) is 1. The molecule has 0 spiro atoms. The molecule has 0 atom stereocenters. The van der Waals surface area contributed by atoms with Crippen LogP contribution in [0.1, 0.15) is 5.56 Å². The number of benzene rings is 1. The molecule has 1 N–H and O–H groups in total. The molecule has 20 heavy (non-hydrogen) atoms. The van der Waals surface area contributed by atoms with Crippen LogP contribution in [0.15, 0.2) is 52.0 Å². The second-order valence-electron chi connectivity index (χ2n) is 4.13. The summed E-state index contributed by atoms with van der Waals surface area (Å²) in [7, 11) is 0. The first-order chi connectivity index (χ1) is 9.72. The smallest absolute Gasteiger partial charge is 0.307 e. The lowest BCUT2D eigenvalue weighted by molar-refractivity contribution is -0.136. The summed E-state index contributed by atoms with van der Waals surface area (Å²) in [6, 6.07) is 9.53. The molecule has 0 aliphatic rings. The van der Waals surface area contributed by atoms with Crippen LogP contribution in [0.4, 0.5) is 0 Å². The molecular formula is C14H10N2O2S2. The van der Waals surface area contributed by atoms with Gasteiger partial charge in [0.15, 0.2) is 0 Å². The molecular weight excluding hydrogens is 292 g/mol. The Morgan fingerprint density at radius 1 is 1.20 bits per heavy atom. The van der Waals surface area contributed by atoms with Crippen molar-refractivity contribution in [3.05, 3.63) is 47.6 Å². The summed E-state index contributed by atoms with van der Waals surface area (Å²) >= 11 is 3.15. The summed E-state index contributed by atoms with van der Waals surface area (Å²) in [6.07, 6.45) is 1.62. The second kappa shape index (κ2) is 5.60. The molecule has 0 amide bonds. The number of nitrogens with zero attached hydrogens (tertiary/aromatic N) is 2. The average molecular weight is 302 g/mol. The van der Waals surface area contributed by atoms with Crippen molar-refractivity contribution in [3.63, 3.8) is 0 Å². The molecule has 0 fully saturated rings. The highest BCUT2D eigenvalue weighted by Crippen LogP contribution is 2.32. The van der Waals surface area contributed by atoms with Crippen molar-refractivity contribution in [2.24, 2.45) is 0 Å². The van der Waals surface area contributed by atoms with Crippen molar-refractivity contribution in [1.82, 2.24) is 9.97 Å². The van der Waals surface area contributed by atoms with Crippen LogP contribution >= 0.6 is 23.1 Å². The number of carbonyl (C=O) groups is 1. The highest BCUT2D eigenvalue weighted by atomic mass is 32.2. The van der Waals surface area contributed by atoms with Crippen LogP contribution in [0.5, 0.6) is 0 Å². The van der Waals surface area contributed by atoms with E-state index in [0.29, 0.717) is 0 Å². The van der Waals surface area contributed by atoms with Crippen LogP contribution in [-0.4, -0.2) is 21.0 Å². The van der Waals surface area contributed by atoms with Gasteiger partial charge < -0.3 is 5.11 Å². The molecule has 0 bridgehead atoms. The van der Waals surface area contributed by atoms with Gasteiger partial charge in [0, 0.05) is 10.3 Å². The molecule has 3 rings (SSSR count). The van der Waals surface area contributed by atoms with E-state index < -0.39 is 5.97 Å². The van der Waals surface area contributed by atoms with Gasteiger partial charge >= 0.3 is 5.97 Å². The van der Waals surface area contributed by atoms with E-state index in [4.69, 9.17) is 5.11 Å². The number of thiophene rings is 1. The fourth-order valence-electron chi connectivity index (χ4n) is 1.81. The molecule has 0 unspecified atom stereocenters. The minimum Gasteiger partial charge on any atom is -0.481 e. The minimum absolute atomic E-state index is 0.0488. The Morgan fingerprint density at radius 2 is 2.00 bits per heavy atom. The molecule has 1 aromatic carbocycles.